The Morgan fingerprint density at radius 1 is 1.14 bits per heavy atom. The minimum atomic E-state index is -0.305. The number of rotatable bonds is 5. The number of hydrazone groups is 1. The third kappa shape index (κ3) is 4.53. The fourth-order valence-electron chi connectivity index (χ4n) is 1.68. The highest BCUT2D eigenvalue weighted by Gasteiger charge is 2.06. The Morgan fingerprint density at radius 2 is 1.86 bits per heavy atom. The summed E-state index contributed by atoms with van der Waals surface area (Å²) in [6, 6.07) is 16.4. The maximum absolute atomic E-state index is 12.1. The van der Waals surface area contributed by atoms with Crippen LogP contribution in [-0.2, 0) is 4.84 Å². The quantitative estimate of drug-likeness (QED) is 0.657. The van der Waals surface area contributed by atoms with Crippen molar-refractivity contribution in [2.24, 2.45) is 10.3 Å². The maximum atomic E-state index is 12.1. The van der Waals surface area contributed by atoms with E-state index in [4.69, 9.17) is 0 Å². The first-order chi connectivity index (χ1) is 10.7. The van der Waals surface area contributed by atoms with Crippen LogP contribution in [-0.4, -0.2) is 24.9 Å². The third-order valence-corrected chi connectivity index (χ3v) is 3.21. The fraction of sp³-hybridized carbons (Fsp3) is 0.0625. The van der Waals surface area contributed by atoms with Crippen molar-refractivity contribution in [2.75, 3.05) is 7.11 Å². The van der Waals surface area contributed by atoms with Crippen LogP contribution in [0.5, 0.6) is 0 Å². The van der Waals surface area contributed by atoms with Crippen LogP contribution in [0.2, 0.25) is 0 Å². The molecule has 0 bridgehead atoms. The number of halogens is 1. The molecule has 5 nitrogen and oxygen atoms in total. The molecule has 6 heteroatoms. The van der Waals surface area contributed by atoms with Crippen LogP contribution in [0.15, 0.2) is 69.3 Å². The van der Waals surface area contributed by atoms with Crippen molar-refractivity contribution in [2.45, 2.75) is 0 Å². The first-order valence-electron chi connectivity index (χ1n) is 6.46. The van der Waals surface area contributed by atoms with Gasteiger partial charge in [0, 0.05) is 15.6 Å². The summed E-state index contributed by atoms with van der Waals surface area (Å²) in [5, 5.41) is 7.81. The summed E-state index contributed by atoms with van der Waals surface area (Å²) in [6.45, 7) is 0. The molecular weight excluding hydrogens is 346 g/mol. The highest BCUT2D eigenvalue weighted by atomic mass is 79.9. The first kappa shape index (κ1) is 15.9. The number of oxime groups is 1. The maximum Gasteiger partial charge on any atom is 0.271 e. The van der Waals surface area contributed by atoms with E-state index < -0.39 is 0 Å². The van der Waals surface area contributed by atoms with E-state index >= 15 is 0 Å². The summed E-state index contributed by atoms with van der Waals surface area (Å²) >= 11 is 3.33. The van der Waals surface area contributed by atoms with Crippen molar-refractivity contribution < 1.29 is 9.63 Å². The number of hydrogen-bond donors (Lipinski definition) is 1. The van der Waals surface area contributed by atoms with E-state index in [2.05, 4.69) is 36.5 Å². The van der Waals surface area contributed by atoms with E-state index in [0.29, 0.717) is 11.3 Å². The lowest BCUT2D eigenvalue weighted by molar-refractivity contribution is 0.0955. The highest BCUT2D eigenvalue weighted by Crippen LogP contribution is 2.11. The van der Waals surface area contributed by atoms with Gasteiger partial charge in [-0.25, -0.2) is 5.43 Å². The first-order valence-corrected chi connectivity index (χ1v) is 7.25. The van der Waals surface area contributed by atoms with Gasteiger partial charge in [-0.1, -0.05) is 57.5 Å². The summed E-state index contributed by atoms with van der Waals surface area (Å²) in [5.41, 5.74) is 4.33. The van der Waals surface area contributed by atoms with Gasteiger partial charge in [0.05, 0.1) is 6.21 Å². The molecule has 0 aliphatic carbocycles. The second-order valence-corrected chi connectivity index (χ2v) is 5.15. The van der Waals surface area contributed by atoms with Gasteiger partial charge in [-0.05, 0) is 18.2 Å². The number of carbonyl (C=O) groups is 1. The predicted octanol–water partition coefficient (Wildman–Crippen LogP) is 3.22. The third-order valence-electron chi connectivity index (χ3n) is 2.71. The Bertz CT molecular complexity index is 700. The van der Waals surface area contributed by atoms with Gasteiger partial charge in [-0.15, -0.1) is 0 Å². The lowest BCUT2D eigenvalue weighted by atomic mass is 10.1. The molecule has 0 atom stereocenters. The van der Waals surface area contributed by atoms with Gasteiger partial charge in [0.2, 0.25) is 0 Å². The molecule has 0 aliphatic rings. The van der Waals surface area contributed by atoms with Gasteiger partial charge in [-0.3, -0.25) is 4.79 Å². The van der Waals surface area contributed by atoms with Crippen molar-refractivity contribution in [3.05, 3.63) is 70.2 Å². The number of benzene rings is 2. The number of carbonyl (C=O) groups excluding carboxylic acids is 1. The van der Waals surface area contributed by atoms with Crippen LogP contribution >= 0.6 is 15.9 Å². The molecule has 0 aliphatic heterocycles. The van der Waals surface area contributed by atoms with Crippen LogP contribution in [0, 0.1) is 0 Å². The molecule has 0 unspecified atom stereocenters. The van der Waals surface area contributed by atoms with Crippen LogP contribution < -0.4 is 5.43 Å². The number of amides is 1. The monoisotopic (exact) mass is 359 g/mol. The molecule has 1 N–H and O–H groups in total. The average Bonchev–Trinajstić information content (AvgIpc) is 2.55. The zero-order chi connectivity index (χ0) is 15.8. The average molecular weight is 360 g/mol. The molecule has 0 aromatic heterocycles. The van der Waals surface area contributed by atoms with Crippen LogP contribution in [0.3, 0.4) is 0 Å². The largest absolute Gasteiger partial charge is 0.399 e. The lowest BCUT2D eigenvalue weighted by Crippen LogP contribution is -2.20. The predicted molar refractivity (Wildman–Crippen MR) is 90.1 cm³/mol. The highest BCUT2D eigenvalue weighted by molar-refractivity contribution is 9.10. The number of hydrogen-bond acceptors (Lipinski definition) is 4. The summed E-state index contributed by atoms with van der Waals surface area (Å²) < 4.78 is 0.827. The topological polar surface area (TPSA) is 63.1 Å². The van der Waals surface area contributed by atoms with Crippen molar-refractivity contribution in [3.63, 3.8) is 0 Å². The zero-order valence-electron chi connectivity index (χ0n) is 11.9. The van der Waals surface area contributed by atoms with Gasteiger partial charge in [0.25, 0.3) is 5.91 Å². The van der Waals surface area contributed by atoms with Crippen molar-refractivity contribution in [3.8, 4) is 0 Å². The van der Waals surface area contributed by atoms with Crippen molar-refractivity contribution in [1.29, 1.82) is 0 Å². The Balaban J connectivity index is 2.19. The molecule has 0 heterocycles. The molecule has 2 aromatic carbocycles. The second kappa shape index (κ2) is 8.09. The Hall–Kier alpha value is -2.47. The minimum Gasteiger partial charge on any atom is -0.399 e. The molecule has 0 spiro atoms. The summed E-state index contributed by atoms with van der Waals surface area (Å²) in [4.78, 5) is 16.8. The van der Waals surface area contributed by atoms with Gasteiger partial charge in [0.1, 0.15) is 12.8 Å². The molecule has 2 rings (SSSR count). The molecule has 0 radical (unpaired) electrons. The summed E-state index contributed by atoms with van der Waals surface area (Å²) in [5.74, 6) is -0.305. The molecule has 1 amide bonds. The van der Waals surface area contributed by atoms with E-state index in [0.717, 1.165) is 10.0 Å². The Kier molecular flexibility index (Phi) is 5.85. The molecule has 0 saturated heterocycles. The molecule has 22 heavy (non-hydrogen) atoms. The van der Waals surface area contributed by atoms with Gasteiger partial charge in [0.15, 0.2) is 0 Å². The van der Waals surface area contributed by atoms with Gasteiger partial charge >= 0.3 is 0 Å². The molecule has 2 aromatic rings. The number of nitrogens with zero attached hydrogens (tertiary/aromatic N) is 2. The van der Waals surface area contributed by atoms with Gasteiger partial charge in [-0.2, -0.15) is 5.10 Å². The molecule has 112 valence electrons. The van der Waals surface area contributed by atoms with E-state index in [-0.39, 0.29) is 5.91 Å². The van der Waals surface area contributed by atoms with Crippen LogP contribution in [0.25, 0.3) is 0 Å². The van der Waals surface area contributed by atoms with Crippen LogP contribution in [0.4, 0.5) is 0 Å². The lowest BCUT2D eigenvalue weighted by Gasteiger charge is -2.03. The normalized spacial score (nSPS) is 11.5. The van der Waals surface area contributed by atoms with E-state index in [1.165, 1.54) is 13.3 Å². The zero-order valence-corrected chi connectivity index (χ0v) is 13.4. The second-order valence-electron chi connectivity index (χ2n) is 4.23. The van der Waals surface area contributed by atoms with Crippen molar-refractivity contribution in [1.82, 2.24) is 5.43 Å². The smallest absolute Gasteiger partial charge is 0.271 e. The van der Waals surface area contributed by atoms with E-state index in [1.54, 1.807) is 18.2 Å². The molecule has 0 saturated carbocycles. The van der Waals surface area contributed by atoms with Crippen molar-refractivity contribution >= 4 is 33.8 Å². The standard InChI is InChI=1S/C16H14BrN3O2/c1-22-18-11-15(12-6-3-2-4-7-12)19-20-16(21)13-8-5-9-14(17)10-13/h2-11H,1H3,(H,20,21). The minimum absolute atomic E-state index is 0.305. The fourth-order valence-corrected chi connectivity index (χ4v) is 2.08. The summed E-state index contributed by atoms with van der Waals surface area (Å²) in [7, 11) is 1.44. The van der Waals surface area contributed by atoms with Crippen LogP contribution in [0.1, 0.15) is 15.9 Å². The SMILES string of the molecule is CON=CC(=NNC(=O)c1cccc(Br)c1)c1ccccc1. The number of nitrogens with one attached hydrogen (secondary N) is 1. The Morgan fingerprint density at radius 3 is 2.55 bits per heavy atom. The summed E-state index contributed by atoms with van der Waals surface area (Å²) in [6.07, 6.45) is 1.44. The molecule has 0 fully saturated rings. The molecular formula is C16H14BrN3O2. The van der Waals surface area contributed by atoms with E-state index in [1.807, 2.05) is 36.4 Å². The van der Waals surface area contributed by atoms with E-state index in [9.17, 15) is 4.79 Å². The Labute approximate surface area is 136 Å². The van der Waals surface area contributed by atoms with Gasteiger partial charge < -0.3 is 4.84 Å².